The molecular weight excluding hydrogens is 266 g/mol. The number of aryl methyl sites for hydroxylation is 1. The highest BCUT2D eigenvalue weighted by atomic mass is 16.6. The van der Waals surface area contributed by atoms with E-state index in [9.17, 15) is 9.59 Å². The predicted molar refractivity (Wildman–Crippen MR) is 82.8 cm³/mol. The van der Waals surface area contributed by atoms with Gasteiger partial charge < -0.3 is 10.1 Å². The fourth-order valence-electron chi connectivity index (χ4n) is 1.86. The van der Waals surface area contributed by atoms with E-state index in [1.165, 1.54) is 5.56 Å². The van der Waals surface area contributed by atoms with Crippen LogP contribution in [0.1, 0.15) is 46.1 Å². The van der Waals surface area contributed by atoms with Crippen molar-refractivity contribution >= 4 is 11.9 Å². The maximum Gasteiger partial charge on any atom is 0.328 e. The average molecular weight is 291 g/mol. The summed E-state index contributed by atoms with van der Waals surface area (Å²) in [5.41, 5.74) is 0.675. The summed E-state index contributed by atoms with van der Waals surface area (Å²) in [5, 5.41) is 2.68. The molecule has 1 amide bonds. The van der Waals surface area contributed by atoms with Crippen LogP contribution in [0.5, 0.6) is 0 Å². The standard InChI is InChI=1S/C17H25NO3/c1-13(16(20)21-17(2,3)4)18-15(19)12-8-11-14-9-6-5-7-10-14/h5-7,9-10,13H,8,11-12H2,1-4H3,(H,18,19)/t13-/m0/s1. The van der Waals surface area contributed by atoms with E-state index >= 15 is 0 Å². The zero-order valence-corrected chi connectivity index (χ0v) is 13.3. The molecule has 0 saturated carbocycles. The summed E-state index contributed by atoms with van der Waals surface area (Å²) < 4.78 is 5.22. The second-order valence-electron chi connectivity index (χ2n) is 6.16. The van der Waals surface area contributed by atoms with E-state index in [0.717, 1.165) is 12.8 Å². The molecule has 4 heteroatoms. The second-order valence-corrected chi connectivity index (χ2v) is 6.16. The zero-order valence-electron chi connectivity index (χ0n) is 13.3. The van der Waals surface area contributed by atoms with E-state index in [0.29, 0.717) is 6.42 Å². The first-order valence-electron chi connectivity index (χ1n) is 7.34. The number of rotatable bonds is 6. The first-order valence-corrected chi connectivity index (χ1v) is 7.34. The molecule has 0 aliphatic rings. The summed E-state index contributed by atoms with van der Waals surface area (Å²) in [6.07, 6.45) is 2.02. The molecule has 0 aromatic heterocycles. The molecule has 21 heavy (non-hydrogen) atoms. The van der Waals surface area contributed by atoms with Gasteiger partial charge in [0.25, 0.3) is 0 Å². The number of esters is 1. The van der Waals surface area contributed by atoms with Gasteiger partial charge in [-0.25, -0.2) is 4.79 Å². The molecule has 1 N–H and O–H groups in total. The minimum absolute atomic E-state index is 0.121. The molecule has 0 heterocycles. The van der Waals surface area contributed by atoms with Gasteiger partial charge in [0.2, 0.25) is 5.91 Å². The summed E-state index contributed by atoms with van der Waals surface area (Å²) in [6.45, 7) is 7.06. The van der Waals surface area contributed by atoms with Crippen LogP contribution in [0.4, 0.5) is 0 Å². The van der Waals surface area contributed by atoms with Crippen molar-refractivity contribution < 1.29 is 14.3 Å². The Bertz CT molecular complexity index is 463. The van der Waals surface area contributed by atoms with Crippen LogP contribution >= 0.6 is 0 Å². The lowest BCUT2D eigenvalue weighted by molar-refractivity contribution is -0.158. The number of hydrogen-bond acceptors (Lipinski definition) is 3. The first kappa shape index (κ1) is 17.2. The normalized spacial score (nSPS) is 12.6. The molecule has 0 spiro atoms. The highest BCUT2D eigenvalue weighted by Gasteiger charge is 2.22. The number of carbonyl (C=O) groups excluding carboxylic acids is 2. The molecule has 0 aliphatic carbocycles. The second kappa shape index (κ2) is 7.81. The molecule has 0 saturated heterocycles. The largest absolute Gasteiger partial charge is 0.458 e. The lowest BCUT2D eigenvalue weighted by Gasteiger charge is -2.22. The Kier molecular flexibility index (Phi) is 6.40. The molecule has 0 aliphatic heterocycles. The van der Waals surface area contributed by atoms with Crippen molar-refractivity contribution in [2.75, 3.05) is 0 Å². The zero-order chi connectivity index (χ0) is 15.9. The van der Waals surface area contributed by atoms with Crippen molar-refractivity contribution in [3.63, 3.8) is 0 Å². The van der Waals surface area contributed by atoms with Crippen LogP contribution in [0.3, 0.4) is 0 Å². The molecule has 1 atom stereocenters. The van der Waals surface area contributed by atoms with Gasteiger partial charge in [-0.3, -0.25) is 4.79 Å². The molecular formula is C17H25NO3. The lowest BCUT2D eigenvalue weighted by atomic mass is 10.1. The molecule has 0 unspecified atom stereocenters. The number of amides is 1. The number of hydrogen-bond donors (Lipinski definition) is 1. The van der Waals surface area contributed by atoms with E-state index in [1.807, 2.05) is 30.3 Å². The molecule has 1 aromatic carbocycles. The van der Waals surface area contributed by atoms with E-state index in [4.69, 9.17) is 4.74 Å². The molecule has 116 valence electrons. The number of ether oxygens (including phenoxy) is 1. The summed E-state index contributed by atoms with van der Waals surface area (Å²) in [5.74, 6) is -0.525. The molecule has 0 fully saturated rings. The van der Waals surface area contributed by atoms with E-state index in [2.05, 4.69) is 5.32 Å². The minimum Gasteiger partial charge on any atom is -0.458 e. The van der Waals surface area contributed by atoms with Gasteiger partial charge in [-0.2, -0.15) is 0 Å². The Morgan fingerprint density at radius 1 is 1.19 bits per heavy atom. The topological polar surface area (TPSA) is 55.4 Å². The van der Waals surface area contributed by atoms with Gasteiger partial charge in [0.15, 0.2) is 0 Å². The van der Waals surface area contributed by atoms with E-state index in [1.54, 1.807) is 27.7 Å². The van der Waals surface area contributed by atoms with Crippen LogP contribution in [0.15, 0.2) is 30.3 Å². The fraction of sp³-hybridized carbons (Fsp3) is 0.529. The Morgan fingerprint density at radius 3 is 2.38 bits per heavy atom. The molecule has 4 nitrogen and oxygen atoms in total. The Hall–Kier alpha value is -1.84. The SMILES string of the molecule is C[C@H](NC(=O)CCCc1ccccc1)C(=O)OC(C)(C)C. The number of nitrogens with one attached hydrogen (secondary N) is 1. The van der Waals surface area contributed by atoms with Gasteiger partial charge in [-0.1, -0.05) is 30.3 Å². The summed E-state index contributed by atoms with van der Waals surface area (Å²) in [6, 6.07) is 9.41. The van der Waals surface area contributed by atoms with Crippen molar-refractivity contribution in [3.05, 3.63) is 35.9 Å². The molecule has 0 bridgehead atoms. The summed E-state index contributed by atoms with van der Waals surface area (Å²) in [7, 11) is 0. The highest BCUT2D eigenvalue weighted by molar-refractivity contribution is 5.84. The lowest BCUT2D eigenvalue weighted by Crippen LogP contribution is -2.42. The van der Waals surface area contributed by atoms with E-state index in [-0.39, 0.29) is 5.91 Å². The molecule has 1 aromatic rings. The van der Waals surface area contributed by atoms with Gasteiger partial charge >= 0.3 is 5.97 Å². The monoisotopic (exact) mass is 291 g/mol. The van der Waals surface area contributed by atoms with Crippen LogP contribution in [0.2, 0.25) is 0 Å². The maximum absolute atomic E-state index is 11.8. The van der Waals surface area contributed by atoms with Gasteiger partial charge in [-0.05, 0) is 46.1 Å². The third-order valence-electron chi connectivity index (χ3n) is 2.85. The van der Waals surface area contributed by atoms with Gasteiger partial charge in [0.1, 0.15) is 11.6 Å². The molecule has 1 rings (SSSR count). The van der Waals surface area contributed by atoms with Crippen molar-refractivity contribution in [2.24, 2.45) is 0 Å². The summed E-state index contributed by atoms with van der Waals surface area (Å²) in [4.78, 5) is 23.5. The number of benzene rings is 1. The Morgan fingerprint density at radius 2 is 1.81 bits per heavy atom. The van der Waals surface area contributed by atoms with Gasteiger partial charge in [-0.15, -0.1) is 0 Å². The van der Waals surface area contributed by atoms with Crippen molar-refractivity contribution in [1.82, 2.24) is 5.32 Å². The van der Waals surface area contributed by atoms with Crippen LogP contribution in [0, 0.1) is 0 Å². The quantitative estimate of drug-likeness (QED) is 0.820. The Balaban J connectivity index is 2.28. The third kappa shape index (κ3) is 7.49. The maximum atomic E-state index is 11.8. The van der Waals surface area contributed by atoms with Crippen molar-refractivity contribution in [3.8, 4) is 0 Å². The van der Waals surface area contributed by atoms with Crippen molar-refractivity contribution in [2.45, 2.75) is 58.6 Å². The average Bonchev–Trinajstić information content (AvgIpc) is 2.37. The predicted octanol–water partition coefficient (Wildman–Crippen LogP) is 2.86. The van der Waals surface area contributed by atoms with Gasteiger partial charge in [0, 0.05) is 6.42 Å². The first-order chi connectivity index (χ1) is 9.78. The van der Waals surface area contributed by atoms with E-state index < -0.39 is 17.6 Å². The van der Waals surface area contributed by atoms with Crippen LogP contribution in [-0.2, 0) is 20.7 Å². The Labute approximate surface area is 126 Å². The van der Waals surface area contributed by atoms with Crippen molar-refractivity contribution in [1.29, 1.82) is 0 Å². The van der Waals surface area contributed by atoms with Crippen LogP contribution in [0.25, 0.3) is 0 Å². The number of carbonyl (C=O) groups is 2. The van der Waals surface area contributed by atoms with Crippen LogP contribution in [-0.4, -0.2) is 23.5 Å². The smallest absolute Gasteiger partial charge is 0.328 e. The fourth-order valence-corrected chi connectivity index (χ4v) is 1.86. The third-order valence-corrected chi connectivity index (χ3v) is 2.85. The van der Waals surface area contributed by atoms with Gasteiger partial charge in [0.05, 0.1) is 0 Å². The summed E-state index contributed by atoms with van der Waals surface area (Å²) >= 11 is 0. The highest BCUT2D eigenvalue weighted by Crippen LogP contribution is 2.09. The molecule has 0 radical (unpaired) electrons. The van der Waals surface area contributed by atoms with Crippen LogP contribution < -0.4 is 5.32 Å². The minimum atomic E-state index is -0.617.